The van der Waals surface area contributed by atoms with Gasteiger partial charge in [0.05, 0.1) is 4.88 Å². The minimum atomic E-state index is -0.187. The van der Waals surface area contributed by atoms with Gasteiger partial charge in [-0.2, -0.15) is 0 Å². The molecule has 1 fully saturated rings. The van der Waals surface area contributed by atoms with Crippen molar-refractivity contribution in [2.45, 2.75) is 18.9 Å². The van der Waals surface area contributed by atoms with Gasteiger partial charge < -0.3 is 16.0 Å². The van der Waals surface area contributed by atoms with Crippen molar-refractivity contribution in [2.24, 2.45) is 0 Å². The van der Waals surface area contributed by atoms with Gasteiger partial charge in [0.2, 0.25) is 0 Å². The summed E-state index contributed by atoms with van der Waals surface area (Å²) in [5.74, 6) is -0.128. The molecule has 0 aliphatic heterocycles. The Balaban J connectivity index is 1.56. The van der Waals surface area contributed by atoms with Crippen molar-refractivity contribution < 1.29 is 9.59 Å². The second-order valence-electron chi connectivity index (χ2n) is 4.88. The molecule has 3 N–H and O–H groups in total. The summed E-state index contributed by atoms with van der Waals surface area (Å²) in [5.41, 5.74) is 1.39. The summed E-state index contributed by atoms with van der Waals surface area (Å²) in [5, 5.41) is 10.3. The third-order valence-corrected chi connectivity index (χ3v) is 3.93. The van der Waals surface area contributed by atoms with Crippen LogP contribution in [0.2, 0.25) is 0 Å². The molecule has 0 unspecified atom stereocenters. The zero-order chi connectivity index (χ0) is 14.7. The van der Waals surface area contributed by atoms with Crippen molar-refractivity contribution in [1.82, 2.24) is 5.32 Å². The average molecular weight is 301 g/mol. The Hall–Kier alpha value is -2.34. The van der Waals surface area contributed by atoms with Crippen LogP contribution in [-0.2, 0) is 0 Å². The van der Waals surface area contributed by atoms with E-state index in [0.717, 1.165) is 12.8 Å². The van der Waals surface area contributed by atoms with Crippen molar-refractivity contribution in [3.05, 3.63) is 46.7 Å². The van der Waals surface area contributed by atoms with Crippen LogP contribution in [0.5, 0.6) is 0 Å². The van der Waals surface area contributed by atoms with Crippen molar-refractivity contribution >= 4 is 34.6 Å². The van der Waals surface area contributed by atoms with E-state index in [2.05, 4.69) is 16.0 Å². The average Bonchev–Trinajstić information content (AvgIpc) is 3.10. The number of urea groups is 1. The lowest BCUT2D eigenvalue weighted by Gasteiger charge is -2.08. The van der Waals surface area contributed by atoms with Gasteiger partial charge >= 0.3 is 6.03 Å². The number of hydrogen-bond donors (Lipinski definition) is 3. The summed E-state index contributed by atoms with van der Waals surface area (Å²) in [4.78, 5) is 24.1. The molecule has 1 aliphatic rings. The third kappa shape index (κ3) is 3.82. The van der Waals surface area contributed by atoms with Crippen LogP contribution in [0.3, 0.4) is 0 Å². The van der Waals surface area contributed by atoms with E-state index in [4.69, 9.17) is 0 Å². The molecule has 1 aliphatic carbocycles. The van der Waals surface area contributed by atoms with Gasteiger partial charge in [-0.05, 0) is 48.6 Å². The second kappa shape index (κ2) is 5.97. The van der Waals surface area contributed by atoms with Crippen molar-refractivity contribution in [1.29, 1.82) is 0 Å². The van der Waals surface area contributed by atoms with Crippen LogP contribution >= 0.6 is 11.3 Å². The number of nitrogens with one attached hydrogen (secondary N) is 3. The number of thiophene rings is 1. The zero-order valence-corrected chi connectivity index (χ0v) is 12.1. The molecule has 1 aromatic heterocycles. The first kappa shape index (κ1) is 13.6. The Kier molecular flexibility index (Phi) is 3.87. The monoisotopic (exact) mass is 301 g/mol. The van der Waals surface area contributed by atoms with Gasteiger partial charge in [0, 0.05) is 17.4 Å². The molecule has 0 bridgehead atoms. The summed E-state index contributed by atoms with van der Waals surface area (Å²) in [6.45, 7) is 0. The fourth-order valence-corrected chi connectivity index (χ4v) is 2.44. The topological polar surface area (TPSA) is 70.2 Å². The first-order chi connectivity index (χ1) is 10.2. The quantitative estimate of drug-likeness (QED) is 0.811. The second-order valence-corrected chi connectivity index (χ2v) is 5.83. The van der Waals surface area contributed by atoms with E-state index in [1.165, 1.54) is 11.3 Å². The van der Waals surface area contributed by atoms with E-state index in [9.17, 15) is 9.59 Å². The Labute approximate surface area is 126 Å². The molecule has 3 rings (SSSR count). The number of amides is 3. The molecule has 0 radical (unpaired) electrons. The lowest BCUT2D eigenvalue weighted by molar-refractivity contribution is 0.103. The number of anilines is 2. The van der Waals surface area contributed by atoms with E-state index in [0.29, 0.717) is 22.3 Å². The number of rotatable bonds is 4. The Morgan fingerprint density at radius 3 is 2.24 bits per heavy atom. The molecule has 2 aromatic rings. The molecular formula is C15H15N3O2S. The smallest absolute Gasteiger partial charge is 0.319 e. The highest BCUT2D eigenvalue weighted by atomic mass is 32.1. The van der Waals surface area contributed by atoms with Crippen LogP contribution in [0.4, 0.5) is 16.2 Å². The normalized spacial score (nSPS) is 13.5. The maximum Gasteiger partial charge on any atom is 0.319 e. The highest BCUT2D eigenvalue weighted by molar-refractivity contribution is 7.12. The minimum absolute atomic E-state index is 0.128. The zero-order valence-electron chi connectivity index (χ0n) is 11.3. The van der Waals surface area contributed by atoms with E-state index >= 15 is 0 Å². The predicted molar refractivity (Wildman–Crippen MR) is 83.9 cm³/mol. The maximum absolute atomic E-state index is 11.9. The van der Waals surface area contributed by atoms with Crippen molar-refractivity contribution in [3.8, 4) is 0 Å². The fraction of sp³-hybridized carbons (Fsp3) is 0.200. The van der Waals surface area contributed by atoms with E-state index in [1.807, 2.05) is 11.4 Å². The van der Waals surface area contributed by atoms with Gasteiger partial charge in [-0.3, -0.25) is 4.79 Å². The summed E-state index contributed by atoms with van der Waals surface area (Å²) in [6, 6.07) is 10.8. The number of carbonyl (C=O) groups excluding carboxylic acids is 2. The number of hydrogen-bond acceptors (Lipinski definition) is 3. The van der Waals surface area contributed by atoms with Gasteiger partial charge in [-0.25, -0.2) is 4.79 Å². The van der Waals surface area contributed by atoms with E-state index < -0.39 is 0 Å². The van der Waals surface area contributed by atoms with Crippen LogP contribution in [0.25, 0.3) is 0 Å². The molecule has 5 nitrogen and oxygen atoms in total. The van der Waals surface area contributed by atoms with Gasteiger partial charge in [-0.1, -0.05) is 6.07 Å². The van der Waals surface area contributed by atoms with Crippen molar-refractivity contribution in [3.63, 3.8) is 0 Å². The first-order valence-corrected chi connectivity index (χ1v) is 7.61. The van der Waals surface area contributed by atoms with Crippen LogP contribution in [0.15, 0.2) is 41.8 Å². The minimum Gasteiger partial charge on any atom is -0.335 e. The van der Waals surface area contributed by atoms with Crippen LogP contribution in [0.1, 0.15) is 22.5 Å². The SMILES string of the molecule is O=C(Nc1ccc(NC(=O)c2cccs2)cc1)NC1CC1. The first-order valence-electron chi connectivity index (χ1n) is 6.73. The number of carbonyl (C=O) groups is 2. The molecule has 1 heterocycles. The van der Waals surface area contributed by atoms with Crippen LogP contribution < -0.4 is 16.0 Å². The van der Waals surface area contributed by atoms with E-state index in [1.54, 1.807) is 30.3 Å². The lowest BCUT2D eigenvalue weighted by atomic mass is 10.2. The Bertz CT molecular complexity index is 633. The summed E-state index contributed by atoms with van der Waals surface area (Å²) < 4.78 is 0. The van der Waals surface area contributed by atoms with Gasteiger partial charge in [0.25, 0.3) is 5.91 Å². The lowest BCUT2D eigenvalue weighted by Crippen LogP contribution is -2.30. The third-order valence-electron chi connectivity index (χ3n) is 3.06. The molecule has 1 aromatic carbocycles. The Morgan fingerprint density at radius 2 is 1.67 bits per heavy atom. The summed E-state index contributed by atoms with van der Waals surface area (Å²) >= 11 is 1.40. The molecule has 1 saturated carbocycles. The largest absolute Gasteiger partial charge is 0.335 e. The van der Waals surface area contributed by atoms with Gasteiger partial charge in [-0.15, -0.1) is 11.3 Å². The van der Waals surface area contributed by atoms with Crippen LogP contribution in [-0.4, -0.2) is 18.0 Å². The maximum atomic E-state index is 11.9. The molecule has 21 heavy (non-hydrogen) atoms. The highest BCUT2D eigenvalue weighted by Gasteiger charge is 2.23. The van der Waals surface area contributed by atoms with Crippen LogP contribution in [0, 0.1) is 0 Å². The fourth-order valence-electron chi connectivity index (χ4n) is 1.82. The molecular weight excluding hydrogens is 286 g/mol. The number of benzene rings is 1. The Morgan fingerprint density at radius 1 is 1.00 bits per heavy atom. The summed E-state index contributed by atoms with van der Waals surface area (Å²) in [6.07, 6.45) is 2.11. The predicted octanol–water partition coefficient (Wildman–Crippen LogP) is 3.28. The standard InChI is InChI=1S/C15H15N3O2S/c19-14(13-2-1-9-21-13)16-10-3-5-11(6-4-10)17-15(20)18-12-7-8-12/h1-6,9,12H,7-8H2,(H,16,19)(H2,17,18,20). The molecule has 3 amide bonds. The van der Waals surface area contributed by atoms with Crippen molar-refractivity contribution in [2.75, 3.05) is 10.6 Å². The molecule has 0 atom stereocenters. The van der Waals surface area contributed by atoms with E-state index in [-0.39, 0.29) is 11.9 Å². The molecule has 0 saturated heterocycles. The molecule has 6 heteroatoms. The van der Waals surface area contributed by atoms with Gasteiger partial charge in [0.15, 0.2) is 0 Å². The highest BCUT2D eigenvalue weighted by Crippen LogP contribution is 2.19. The molecule has 0 spiro atoms. The molecule has 108 valence electrons. The van der Waals surface area contributed by atoms with Gasteiger partial charge in [0.1, 0.15) is 0 Å². The summed E-state index contributed by atoms with van der Waals surface area (Å²) in [7, 11) is 0.